The van der Waals surface area contributed by atoms with Gasteiger partial charge in [-0.25, -0.2) is 0 Å². The van der Waals surface area contributed by atoms with Crippen LogP contribution in [0, 0.1) is 0 Å². The van der Waals surface area contributed by atoms with Crippen molar-refractivity contribution in [1.29, 1.82) is 0 Å². The average molecular weight is 830 g/mol. The van der Waals surface area contributed by atoms with E-state index in [2.05, 4.69) is 62.5 Å². The minimum Gasteiger partial charge on any atom is -0.465 e. The van der Waals surface area contributed by atoms with Crippen LogP contribution < -0.4 is 32.3 Å². The van der Waals surface area contributed by atoms with Crippen LogP contribution in [0.15, 0.2) is 91.0 Å². The Morgan fingerprint density at radius 1 is 0.887 bits per heavy atom. The number of ether oxygens (including phenoxy) is 2. The van der Waals surface area contributed by atoms with Gasteiger partial charge in [0.15, 0.2) is 0 Å². The standard InChI is InChI=1S/C38H46BrN4O8PS/c1-3-50-35(46)25-41-36(47)31(42-33(44)21-20-30(40)38(49)51-4-2)26-53-32-24-34(45)43(37(32)48)22-23-52(39,27-14-8-5-9-15-27,28-16-10-6-11-17-28)29-18-12-7-13-19-29/h5-19,30-32H,3-4,20-26,40H2,1-2H3,(H,41,47)(H,42,44)/t30-,31-,32?/m0/s1. The first-order valence-electron chi connectivity index (χ1n) is 17.4. The van der Waals surface area contributed by atoms with Gasteiger partial charge in [0.1, 0.15) is 6.04 Å². The van der Waals surface area contributed by atoms with Crippen LogP contribution in [0.25, 0.3) is 0 Å². The number of likely N-dealkylation sites (tertiary alicyclic amines) is 1. The van der Waals surface area contributed by atoms with E-state index in [1.807, 2.05) is 54.6 Å². The summed E-state index contributed by atoms with van der Waals surface area (Å²) in [6.45, 7) is 3.26. The second kappa shape index (κ2) is 19.3. The quantitative estimate of drug-likeness (QED) is 0.0926. The Morgan fingerprint density at radius 2 is 1.42 bits per heavy atom. The number of benzene rings is 3. The molecule has 4 N–H and O–H groups in total. The number of nitrogens with one attached hydrogen (secondary N) is 2. The Morgan fingerprint density at radius 3 is 1.92 bits per heavy atom. The molecule has 4 amide bonds. The van der Waals surface area contributed by atoms with Gasteiger partial charge in [-0.2, -0.15) is 0 Å². The summed E-state index contributed by atoms with van der Waals surface area (Å²) in [4.78, 5) is 78.6. The number of esters is 2. The zero-order chi connectivity index (χ0) is 38.5. The average Bonchev–Trinajstić information content (AvgIpc) is 3.45. The molecule has 1 saturated heterocycles. The normalized spacial score (nSPS) is 16.2. The number of amides is 4. The minimum absolute atomic E-state index is 0.0207. The third kappa shape index (κ3) is 10.1. The summed E-state index contributed by atoms with van der Waals surface area (Å²) in [5.41, 5.74) is 5.83. The monoisotopic (exact) mass is 828 g/mol. The summed E-state index contributed by atoms with van der Waals surface area (Å²) >= 11 is 5.44. The van der Waals surface area contributed by atoms with Gasteiger partial charge in [0.05, 0.1) is 13.2 Å². The van der Waals surface area contributed by atoms with Gasteiger partial charge in [0.2, 0.25) is 0 Å². The maximum atomic E-state index is 13.9. The van der Waals surface area contributed by atoms with Crippen LogP contribution in [0.1, 0.15) is 33.1 Å². The fourth-order valence-electron chi connectivity index (χ4n) is 6.17. The molecule has 4 rings (SSSR count). The van der Waals surface area contributed by atoms with Crippen LogP contribution in [-0.4, -0.2) is 96.0 Å². The van der Waals surface area contributed by atoms with Crippen molar-refractivity contribution in [3.63, 3.8) is 0 Å². The molecule has 3 aromatic carbocycles. The van der Waals surface area contributed by atoms with E-state index in [4.69, 9.17) is 15.2 Å². The molecule has 0 aromatic heterocycles. The van der Waals surface area contributed by atoms with Crippen LogP contribution in [-0.2, 0) is 38.2 Å². The van der Waals surface area contributed by atoms with E-state index in [1.165, 1.54) is 4.90 Å². The second-order valence-corrected chi connectivity index (χ2v) is 22.7. The topological polar surface area (TPSA) is 174 Å². The maximum absolute atomic E-state index is 13.9. The molecule has 1 aliphatic rings. The smallest absolute Gasteiger partial charge is 0.465 e. The van der Waals surface area contributed by atoms with E-state index in [9.17, 15) is 28.8 Å². The molecular weight excluding hydrogens is 783 g/mol. The van der Waals surface area contributed by atoms with E-state index in [0.29, 0.717) is 6.16 Å². The number of thioether (sulfide) groups is 1. The van der Waals surface area contributed by atoms with Crippen LogP contribution in [0.2, 0.25) is 0 Å². The number of halogens is 1. The molecular formula is C38H46BrN4O8PS. The van der Waals surface area contributed by atoms with Gasteiger partial charge in [0, 0.05) is 0 Å². The van der Waals surface area contributed by atoms with E-state index < -0.39 is 52.9 Å². The van der Waals surface area contributed by atoms with Gasteiger partial charge < -0.3 is 15.2 Å². The van der Waals surface area contributed by atoms with E-state index >= 15 is 0 Å². The van der Waals surface area contributed by atoms with Crippen molar-refractivity contribution < 1.29 is 38.2 Å². The molecule has 15 heteroatoms. The van der Waals surface area contributed by atoms with Crippen molar-refractivity contribution >= 4 is 84.0 Å². The molecule has 1 heterocycles. The number of hydrogen-bond acceptors (Lipinski definition) is 10. The molecule has 1 aliphatic heterocycles. The predicted octanol–water partition coefficient (Wildman–Crippen LogP) is 2.52. The molecule has 12 nitrogen and oxygen atoms in total. The fraction of sp³-hybridized carbons (Fsp3) is 0.368. The molecule has 0 saturated carbocycles. The number of hydrogen-bond donors (Lipinski definition) is 3. The number of nitrogens with two attached hydrogens (primary N) is 1. The van der Waals surface area contributed by atoms with Crippen molar-refractivity contribution in [2.45, 2.75) is 50.4 Å². The molecule has 0 aliphatic carbocycles. The zero-order valence-corrected chi connectivity index (χ0v) is 33.1. The van der Waals surface area contributed by atoms with Gasteiger partial charge in [-0.3, -0.25) is 9.59 Å². The number of rotatable bonds is 19. The van der Waals surface area contributed by atoms with Gasteiger partial charge >= 0.3 is 265 Å². The second-order valence-electron chi connectivity index (χ2n) is 12.4. The third-order valence-electron chi connectivity index (χ3n) is 8.93. The number of imide groups is 1. The zero-order valence-electron chi connectivity index (χ0n) is 29.8. The summed E-state index contributed by atoms with van der Waals surface area (Å²) < 4.78 is 9.78. The first kappa shape index (κ1) is 41.7. The van der Waals surface area contributed by atoms with Crippen molar-refractivity contribution in [2.75, 3.05) is 38.2 Å². The number of carbonyl (C=O) groups excluding carboxylic acids is 6. The van der Waals surface area contributed by atoms with Gasteiger partial charge in [-0.05, 0) is 13.8 Å². The Labute approximate surface area is 322 Å². The third-order valence-corrected chi connectivity index (χ3v) is 20.1. The van der Waals surface area contributed by atoms with Gasteiger partial charge in [-0.15, -0.1) is 0 Å². The Hall–Kier alpha value is -4.10. The molecule has 284 valence electrons. The summed E-state index contributed by atoms with van der Waals surface area (Å²) in [6.07, 6.45) is 0.154. The molecule has 1 fully saturated rings. The van der Waals surface area contributed by atoms with E-state index in [-0.39, 0.29) is 56.6 Å². The summed E-state index contributed by atoms with van der Waals surface area (Å²) in [6, 6.07) is 28.0. The fourth-order valence-corrected chi connectivity index (χ4v) is 14.6. The van der Waals surface area contributed by atoms with Crippen LogP contribution >= 0.6 is 32.6 Å². The van der Waals surface area contributed by atoms with Crippen LogP contribution in [0.3, 0.4) is 0 Å². The molecule has 3 aromatic rings. The Bertz CT molecular complexity index is 1660. The first-order valence-corrected chi connectivity index (χ1v) is 22.9. The molecule has 0 bridgehead atoms. The molecule has 3 atom stereocenters. The van der Waals surface area contributed by atoms with Crippen molar-refractivity contribution in [3.8, 4) is 0 Å². The first-order chi connectivity index (χ1) is 25.4. The van der Waals surface area contributed by atoms with Crippen molar-refractivity contribution in [1.82, 2.24) is 15.5 Å². The van der Waals surface area contributed by atoms with Crippen molar-refractivity contribution in [3.05, 3.63) is 91.0 Å². The van der Waals surface area contributed by atoms with Crippen LogP contribution in [0.4, 0.5) is 0 Å². The minimum atomic E-state index is -3.44. The molecule has 53 heavy (non-hydrogen) atoms. The Balaban J connectivity index is 1.52. The van der Waals surface area contributed by atoms with Gasteiger partial charge in [-0.1, -0.05) is 0 Å². The summed E-state index contributed by atoms with van der Waals surface area (Å²) in [7, 11) is 0. The van der Waals surface area contributed by atoms with Crippen LogP contribution in [0.5, 0.6) is 0 Å². The Kier molecular flexibility index (Phi) is 15.2. The SMILES string of the molecule is CCOC(=O)CNC(=O)[C@H](CSC1CC(=O)N(CCP(Br)(c2ccccc2)(c2ccccc2)c2ccccc2)C1=O)NC(=O)CC[C@H](N)C(=O)OCC. The summed E-state index contributed by atoms with van der Waals surface area (Å²) in [5.74, 6) is -3.33. The molecule has 0 spiro atoms. The van der Waals surface area contributed by atoms with E-state index in [0.717, 1.165) is 27.7 Å². The van der Waals surface area contributed by atoms with Gasteiger partial charge in [0.25, 0.3) is 0 Å². The summed E-state index contributed by atoms with van der Waals surface area (Å²) in [5, 5.41) is 4.00. The van der Waals surface area contributed by atoms with Crippen molar-refractivity contribution in [2.24, 2.45) is 5.73 Å². The predicted molar refractivity (Wildman–Crippen MR) is 212 cm³/mol. The number of nitrogens with zero attached hydrogens (tertiary/aromatic N) is 1. The number of carbonyl (C=O) groups is 6. The molecule has 1 unspecified atom stereocenters. The van der Waals surface area contributed by atoms with E-state index in [1.54, 1.807) is 13.8 Å². The molecule has 0 radical (unpaired) electrons.